The molecule has 3 aromatic rings. The Kier molecular flexibility index (Phi) is 4.14. The minimum Gasteiger partial charge on any atom is -0.324 e. The van der Waals surface area contributed by atoms with Crippen LogP contribution < -0.4 is 4.72 Å². The Balaban J connectivity index is 1.90. The Bertz CT molecular complexity index is 966. The van der Waals surface area contributed by atoms with Gasteiger partial charge in [0.05, 0.1) is 6.33 Å². The Hall–Kier alpha value is -1.89. The molecule has 0 radical (unpaired) electrons. The van der Waals surface area contributed by atoms with Gasteiger partial charge in [0.2, 0.25) is 5.03 Å². The molecule has 1 atom stereocenters. The van der Waals surface area contributed by atoms with Crippen LogP contribution in [-0.4, -0.2) is 18.0 Å². The molecule has 2 aromatic carbocycles. The lowest BCUT2D eigenvalue weighted by molar-refractivity contribution is 0.564. The van der Waals surface area contributed by atoms with E-state index in [1.165, 1.54) is 10.9 Å². The Morgan fingerprint density at radius 3 is 2.52 bits per heavy atom. The number of fused-ring (bicyclic) bond motifs is 1. The van der Waals surface area contributed by atoms with Crippen molar-refractivity contribution >= 4 is 32.4 Å². The highest BCUT2D eigenvalue weighted by Gasteiger charge is 2.24. The van der Waals surface area contributed by atoms with Gasteiger partial charge in [0, 0.05) is 13.1 Å². The number of nitrogens with zero attached hydrogens (tertiary/aromatic N) is 2. The molecule has 0 aliphatic heterocycles. The molecule has 0 spiro atoms. The number of halogens is 1. The fraction of sp³-hybridized carbons (Fsp3) is 0.188. The van der Waals surface area contributed by atoms with Crippen molar-refractivity contribution in [3.05, 3.63) is 59.5 Å². The van der Waals surface area contributed by atoms with Crippen LogP contribution in [0, 0.1) is 0 Å². The second-order valence-corrected chi connectivity index (χ2v) is 7.39. The molecule has 1 unspecified atom stereocenters. The van der Waals surface area contributed by atoms with Crippen LogP contribution in [0.3, 0.4) is 0 Å². The summed E-state index contributed by atoms with van der Waals surface area (Å²) in [5.74, 6) is 0. The van der Waals surface area contributed by atoms with Crippen LogP contribution in [0.5, 0.6) is 0 Å². The van der Waals surface area contributed by atoms with E-state index >= 15 is 0 Å². The Labute approximate surface area is 140 Å². The highest BCUT2D eigenvalue weighted by atomic mass is 35.5. The van der Waals surface area contributed by atoms with Crippen LogP contribution in [0.15, 0.2) is 53.8 Å². The van der Waals surface area contributed by atoms with Crippen LogP contribution in [0.4, 0.5) is 0 Å². The van der Waals surface area contributed by atoms with E-state index < -0.39 is 16.1 Å². The zero-order valence-electron chi connectivity index (χ0n) is 12.7. The van der Waals surface area contributed by atoms with Gasteiger partial charge in [0.1, 0.15) is 5.15 Å². The first-order valence-electron chi connectivity index (χ1n) is 7.06. The van der Waals surface area contributed by atoms with Crippen molar-refractivity contribution < 1.29 is 8.42 Å². The second kappa shape index (κ2) is 5.96. The molecule has 0 saturated carbocycles. The number of nitrogens with one attached hydrogen (secondary N) is 1. The molecule has 120 valence electrons. The summed E-state index contributed by atoms with van der Waals surface area (Å²) >= 11 is 5.98. The first-order chi connectivity index (χ1) is 10.9. The molecular formula is C16H16ClN3O2S. The third-order valence-electron chi connectivity index (χ3n) is 3.69. The number of benzene rings is 2. The van der Waals surface area contributed by atoms with Gasteiger partial charge in [-0.15, -0.1) is 0 Å². The molecule has 0 amide bonds. The molecule has 1 aromatic heterocycles. The largest absolute Gasteiger partial charge is 0.324 e. The van der Waals surface area contributed by atoms with E-state index in [-0.39, 0.29) is 10.2 Å². The van der Waals surface area contributed by atoms with Gasteiger partial charge in [-0.3, -0.25) is 0 Å². The molecule has 5 nitrogen and oxygen atoms in total. The van der Waals surface area contributed by atoms with Crippen LogP contribution in [-0.2, 0) is 17.1 Å². The van der Waals surface area contributed by atoms with Crippen LogP contribution in [0.2, 0.25) is 5.15 Å². The fourth-order valence-corrected chi connectivity index (χ4v) is 4.07. The number of sulfonamides is 1. The predicted molar refractivity (Wildman–Crippen MR) is 90.9 cm³/mol. The van der Waals surface area contributed by atoms with E-state index in [0.717, 1.165) is 16.3 Å². The zero-order valence-corrected chi connectivity index (χ0v) is 14.3. The summed E-state index contributed by atoms with van der Waals surface area (Å²) < 4.78 is 29.0. The lowest BCUT2D eigenvalue weighted by Gasteiger charge is -2.14. The van der Waals surface area contributed by atoms with Crippen molar-refractivity contribution in [1.29, 1.82) is 0 Å². The topological polar surface area (TPSA) is 64.0 Å². The lowest BCUT2D eigenvalue weighted by Crippen LogP contribution is -2.27. The van der Waals surface area contributed by atoms with Crippen molar-refractivity contribution in [2.75, 3.05) is 0 Å². The normalized spacial score (nSPS) is 13.3. The maximum absolute atomic E-state index is 12.4. The monoisotopic (exact) mass is 349 g/mol. The predicted octanol–water partition coefficient (Wildman–Crippen LogP) is 3.27. The quantitative estimate of drug-likeness (QED) is 0.786. The Morgan fingerprint density at radius 1 is 1.17 bits per heavy atom. The number of aryl methyl sites for hydroxylation is 1. The maximum atomic E-state index is 12.4. The third-order valence-corrected chi connectivity index (χ3v) is 5.72. The smallest absolute Gasteiger partial charge is 0.261 e. The minimum absolute atomic E-state index is 0.0863. The van der Waals surface area contributed by atoms with Crippen molar-refractivity contribution in [2.24, 2.45) is 7.05 Å². The van der Waals surface area contributed by atoms with E-state index in [2.05, 4.69) is 9.71 Å². The molecule has 0 fully saturated rings. The van der Waals surface area contributed by atoms with Gasteiger partial charge < -0.3 is 4.57 Å². The number of hydrogen-bond donors (Lipinski definition) is 1. The maximum Gasteiger partial charge on any atom is 0.261 e. The van der Waals surface area contributed by atoms with Crippen LogP contribution in [0.1, 0.15) is 18.5 Å². The van der Waals surface area contributed by atoms with Gasteiger partial charge in [-0.1, -0.05) is 48.0 Å². The van der Waals surface area contributed by atoms with Gasteiger partial charge in [0.15, 0.2) is 0 Å². The summed E-state index contributed by atoms with van der Waals surface area (Å²) in [4.78, 5) is 3.86. The third kappa shape index (κ3) is 3.10. The highest BCUT2D eigenvalue weighted by molar-refractivity contribution is 7.89. The van der Waals surface area contributed by atoms with E-state index in [1.54, 1.807) is 14.0 Å². The molecule has 3 rings (SSSR count). The summed E-state index contributed by atoms with van der Waals surface area (Å²) in [7, 11) is -2.14. The summed E-state index contributed by atoms with van der Waals surface area (Å²) in [6.45, 7) is 1.79. The summed E-state index contributed by atoms with van der Waals surface area (Å²) in [6, 6.07) is 13.4. The van der Waals surface area contributed by atoms with Crippen molar-refractivity contribution in [3.63, 3.8) is 0 Å². The van der Waals surface area contributed by atoms with Crippen LogP contribution >= 0.6 is 11.6 Å². The summed E-state index contributed by atoms with van der Waals surface area (Å²) in [6.07, 6.45) is 1.37. The molecule has 0 aliphatic carbocycles. The SMILES string of the molecule is CC(NS(=O)(=O)c1ncn(C)c1Cl)c1ccc2ccccc2c1. The van der Waals surface area contributed by atoms with Gasteiger partial charge >= 0.3 is 0 Å². The Morgan fingerprint density at radius 2 is 1.87 bits per heavy atom. The highest BCUT2D eigenvalue weighted by Crippen LogP contribution is 2.24. The molecule has 0 aliphatic rings. The average molecular weight is 350 g/mol. The molecule has 1 N–H and O–H groups in total. The van der Waals surface area contributed by atoms with Crippen LogP contribution in [0.25, 0.3) is 10.8 Å². The first-order valence-corrected chi connectivity index (χ1v) is 8.92. The second-order valence-electron chi connectivity index (χ2n) is 5.40. The summed E-state index contributed by atoms with van der Waals surface area (Å²) in [5, 5.41) is 2.10. The zero-order chi connectivity index (χ0) is 16.6. The number of rotatable bonds is 4. The minimum atomic E-state index is -3.78. The van der Waals surface area contributed by atoms with E-state index in [0.29, 0.717) is 0 Å². The lowest BCUT2D eigenvalue weighted by atomic mass is 10.0. The molecule has 0 saturated heterocycles. The molecule has 0 bridgehead atoms. The van der Waals surface area contributed by atoms with Gasteiger partial charge in [-0.2, -0.15) is 0 Å². The van der Waals surface area contributed by atoms with Gasteiger partial charge in [-0.05, 0) is 29.3 Å². The number of aromatic nitrogens is 2. The number of hydrogen-bond acceptors (Lipinski definition) is 3. The van der Waals surface area contributed by atoms with E-state index in [4.69, 9.17) is 11.6 Å². The first kappa shape index (κ1) is 16.0. The average Bonchev–Trinajstić information content (AvgIpc) is 2.86. The summed E-state index contributed by atoms with van der Waals surface area (Å²) in [5.41, 5.74) is 0.874. The van der Waals surface area contributed by atoms with E-state index in [1.807, 2.05) is 42.5 Å². The van der Waals surface area contributed by atoms with Crippen molar-refractivity contribution in [3.8, 4) is 0 Å². The van der Waals surface area contributed by atoms with E-state index in [9.17, 15) is 8.42 Å². The van der Waals surface area contributed by atoms with Gasteiger partial charge in [0.25, 0.3) is 10.0 Å². The van der Waals surface area contributed by atoms with Crippen molar-refractivity contribution in [2.45, 2.75) is 18.0 Å². The molecule has 23 heavy (non-hydrogen) atoms. The molecular weight excluding hydrogens is 334 g/mol. The standard InChI is InChI=1S/C16H16ClN3O2S/c1-11(13-8-7-12-5-3-4-6-14(12)9-13)19-23(21,22)16-15(17)20(2)10-18-16/h3-11,19H,1-2H3. The number of imidazole rings is 1. The van der Waals surface area contributed by atoms with Crippen molar-refractivity contribution in [1.82, 2.24) is 14.3 Å². The molecule has 7 heteroatoms. The fourth-order valence-electron chi connectivity index (χ4n) is 2.41. The molecule has 1 heterocycles. The van der Waals surface area contributed by atoms with Gasteiger partial charge in [-0.25, -0.2) is 18.1 Å².